The van der Waals surface area contributed by atoms with Crippen molar-refractivity contribution in [2.75, 3.05) is 27.0 Å². The summed E-state index contributed by atoms with van der Waals surface area (Å²) in [6, 6.07) is 8.48. The molecule has 1 heterocycles. The van der Waals surface area contributed by atoms with Crippen LogP contribution < -0.4 is 14.2 Å². The summed E-state index contributed by atoms with van der Waals surface area (Å²) in [5, 5.41) is 12.4. The molecule has 1 unspecified atom stereocenters. The quantitative estimate of drug-likeness (QED) is 0.133. The third-order valence-corrected chi connectivity index (χ3v) is 6.76. The molecule has 0 fully saturated rings. The van der Waals surface area contributed by atoms with E-state index in [1.54, 1.807) is 49.3 Å². The lowest BCUT2D eigenvalue weighted by Crippen LogP contribution is -2.34. The highest BCUT2D eigenvalue weighted by Crippen LogP contribution is 2.50. The summed E-state index contributed by atoms with van der Waals surface area (Å²) < 4.78 is 22.3. The average Bonchev–Trinajstić information content (AvgIpc) is 3.39. The predicted octanol–water partition coefficient (Wildman–Crippen LogP) is 7.66. The number of carbonyl (C=O) groups is 1. The Balaban J connectivity index is 1.90. The number of rotatable bonds is 15. The monoisotopic (exact) mass is 528 g/mol. The van der Waals surface area contributed by atoms with Gasteiger partial charge in [-0.2, -0.15) is 0 Å². The highest BCUT2D eigenvalue weighted by Gasteiger charge is 2.35. The number of nitrogens with zero attached hydrogens (tertiary/aromatic N) is 2. The second-order valence-electron chi connectivity index (χ2n) is 9.54. The topological polar surface area (TPSA) is 100 Å². The summed E-state index contributed by atoms with van der Waals surface area (Å²) in [6.45, 7) is 7.13. The SMILES string of the molecule is CCCCCCN(CCCCCC)C(=O)OC(C)c1cc2c(c(-c3ccc(OC)cc3)c1[N+](=O)[O-])OCO2. The number of hydrogen-bond acceptors (Lipinski definition) is 7. The van der Waals surface area contributed by atoms with Crippen LogP contribution in [0.15, 0.2) is 30.3 Å². The Hall–Kier alpha value is -3.49. The molecule has 0 bridgehead atoms. The largest absolute Gasteiger partial charge is 0.497 e. The molecule has 1 aliphatic heterocycles. The maximum absolute atomic E-state index is 13.3. The molecule has 208 valence electrons. The van der Waals surface area contributed by atoms with Crippen LogP contribution in [0.25, 0.3) is 11.1 Å². The summed E-state index contributed by atoms with van der Waals surface area (Å²) in [5.74, 6) is 1.31. The van der Waals surface area contributed by atoms with Crippen molar-refractivity contribution in [2.45, 2.75) is 78.2 Å². The molecule has 0 aromatic heterocycles. The zero-order valence-corrected chi connectivity index (χ0v) is 23.0. The molecule has 1 atom stereocenters. The second-order valence-corrected chi connectivity index (χ2v) is 9.54. The van der Waals surface area contributed by atoms with Gasteiger partial charge in [0.25, 0.3) is 5.69 Å². The standard InChI is InChI=1S/C29H40N2O7/c1-5-7-9-11-17-30(18-12-10-8-6-2)29(32)38-21(3)24-19-25-28(37-20-36-25)26(27(24)31(33)34)22-13-15-23(35-4)16-14-22/h13-16,19,21H,5-12,17-18,20H2,1-4H3. The van der Waals surface area contributed by atoms with Crippen LogP contribution in [-0.2, 0) is 4.74 Å². The molecule has 0 saturated carbocycles. The Labute approximate surface area is 225 Å². The number of benzene rings is 2. The average molecular weight is 529 g/mol. The van der Waals surface area contributed by atoms with Crippen LogP contribution in [0.4, 0.5) is 10.5 Å². The van der Waals surface area contributed by atoms with Gasteiger partial charge < -0.3 is 23.8 Å². The fourth-order valence-corrected chi connectivity index (χ4v) is 4.63. The van der Waals surface area contributed by atoms with E-state index in [0.29, 0.717) is 41.5 Å². The highest BCUT2D eigenvalue weighted by molar-refractivity contribution is 5.85. The van der Waals surface area contributed by atoms with E-state index in [9.17, 15) is 14.9 Å². The molecule has 0 radical (unpaired) electrons. The van der Waals surface area contributed by atoms with E-state index in [4.69, 9.17) is 18.9 Å². The van der Waals surface area contributed by atoms with Gasteiger partial charge in [-0.15, -0.1) is 0 Å². The predicted molar refractivity (Wildman–Crippen MR) is 146 cm³/mol. The van der Waals surface area contributed by atoms with E-state index >= 15 is 0 Å². The Morgan fingerprint density at radius 2 is 1.66 bits per heavy atom. The van der Waals surface area contributed by atoms with Gasteiger partial charge in [-0.25, -0.2) is 4.79 Å². The normalized spacial score (nSPS) is 12.7. The lowest BCUT2D eigenvalue weighted by molar-refractivity contribution is -0.385. The van der Waals surface area contributed by atoms with Crippen LogP contribution in [0.2, 0.25) is 0 Å². The van der Waals surface area contributed by atoms with Gasteiger partial charge in [-0.05, 0) is 43.5 Å². The Bertz CT molecular complexity index is 1060. The zero-order valence-electron chi connectivity index (χ0n) is 23.0. The smallest absolute Gasteiger partial charge is 0.410 e. The number of fused-ring (bicyclic) bond motifs is 1. The first kappa shape index (κ1) is 29.1. The van der Waals surface area contributed by atoms with E-state index in [2.05, 4.69) is 13.8 Å². The van der Waals surface area contributed by atoms with Gasteiger partial charge in [0.05, 0.1) is 17.6 Å². The molecule has 3 rings (SSSR count). The molecule has 9 nitrogen and oxygen atoms in total. The number of unbranched alkanes of at least 4 members (excludes halogenated alkanes) is 6. The van der Waals surface area contributed by atoms with Gasteiger partial charge >= 0.3 is 6.09 Å². The summed E-state index contributed by atoms with van der Waals surface area (Å²) in [6.07, 6.45) is 7.02. The van der Waals surface area contributed by atoms with E-state index in [1.165, 1.54) is 0 Å². The van der Waals surface area contributed by atoms with Gasteiger partial charge in [0.15, 0.2) is 11.5 Å². The van der Waals surface area contributed by atoms with Crippen LogP contribution in [0.5, 0.6) is 17.2 Å². The molecular formula is C29H40N2O7. The number of nitro benzene ring substituents is 1. The maximum atomic E-state index is 13.3. The molecule has 2 aromatic rings. The minimum atomic E-state index is -0.872. The molecule has 0 spiro atoms. The first-order chi connectivity index (χ1) is 18.4. The minimum absolute atomic E-state index is 0.0451. The molecule has 0 N–H and O–H groups in total. The van der Waals surface area contributed by atoms with E-state index in [1.807, 2.05) is 0 Å². The van der Waals surface area contributed by atoms with Crippen molar-refractivity contribution in [2.24, 2.45) is 0 Å². The van der Waals surface area contributed by atoms with Crippen molar-refractivity contribution >= 4 is 11.8 Å². The maximum Gasteiger partial charge on any atom is 0.410 e. The third-order valence-electron chi connectivity index (χ3n) is 6.76. The van der Waals surface area contributed by atoms with Crippen molar-refractivity contribution < 1.29 is 28.7 Å². The summed E-state index contributed by atoms with van der Waals surface area (Å²) >= 11 is 0. The van der Waals surface area contributed by atoms with Gasteiger partial charge in [-0.3, -0.25) is 10.1 Å². The van der Waals surface area contributed by atoms with Crippen LogP contribution in [-0.4, -0.2) is 42.9 Å². The Morgan fingerprint density at radius 1 is 1.03 bits per heavy atom. The van der Waals surface area contributed by atoms with E-state index in [-0.39, 0.29) is 18.0 Å². The lowest BCUT2D eigenvalue weighted by atomic mass is 9.96. The number of ether oxygens (including phenoxy) is 4. The van der Waals surface area contributed by atoms with Crippen molar-refractivity contribution in [3.05, 3.63) is 46.0 Å². The van der Waals surface area contributed by atoms with Crippen LogP contribution in [0, 0.1) is 10.1 Å². The number of methoxy groups -OCH3 is 1. The summed E-state index contributed by atoms with van der Waals surface area (Å²) in [5.41, 5.74) is 0.960. The fourth-order valence-electron chi connectivity index (χ4n) is 4.63. The number of hydrogen-bond donors (Lipinski definition) is 0. The molecule has 0 saturated heterocycles. The molecule has 1 aliphatic rings. The van der Waals surface area contributed by atoms with Gasteiger partial charge in [0, 0.05) is 13.1 Å². The molecule has 2 aromatic carbocycles. The van der Waals surface area contributed by atoms with E-state index in [0.717, 1.165) is 51.4 Å². The molecule has 9 heteroatoms. The first-order valence-electron chi connectivity index (χ1n) is 13.6. The van der Waals surface area contributed by atoms with Crippen LogP contribution in [0.3, 0.4) is 0 Å². The second kappa shape index (κ2) is 14.4. The van der Waals surface area contributed by atoms with Crippen LogP contribution in [0.1, 0.15) is 83.8 Å². The van der Waals surface area contributed by atoms with Gasteiger partial charge in [0.2, 0.25) is 6.79 Å². The third kappa shape index (κ3) is 7.30. The van der Waals surface area contributed by atoms with Crippen molar-refractivity contribution in [3.63, 3.8) is 0 Å². The molecule has 1 amide bonds. The molecule has 0 aliphatic carbocycles. The van der Waals surface area contributed by atoms with Gasteiger partial charge in [0.1, 0.15) is 17.4 Å². The lowest BCUT2D eigenvalue weighted by Gasteiger charge is -2.25. The minimum Gasteiger partial charge on any atom is -0.497 e. The fraction of sp³-hybridized carbons (Fsp3) is 0.552. The van der Waals surface area contributed by atoms with Gasteiger partial charge in [-0.1, -0.05) is 64.5 Å². The Kier molecular flexibility index (Phi) is 11.1. The Morgan fingerprint density at radius 3 is 2.21 bits per heavy atom. The number of nitro groups is 1. The molecular weight excluding hydrogens is 488 g/mol. The van der Waals surface area contributed by atoms with Crippen molar-refractivity contribution in [3.8, 4) is 28.4 Å². The first-order valence-corrected chi connectivity index (χ1v) is 13.6. The number of carbonyl (C=O) groups excluding carboxylic acids is 1. The van der Waals surface area contributed by atoms with E-state index < -0.39 is 17.1 Å². The summed E-state index contributed by atoms with van der Waals surface area (Å²) in [7, 11) is 1.56. The zero-order chi connectivity index (χ0) is 27.5. The highest BCUT2D eigenvalue weighted by atomic mass is 16.7. The van der Waals surface area contributed by atoms with Crippen molar-refractivity contribution in [1.29, 1.82) is 0 Å². The van der Waals surface area contributed by atoms with Crippen molar-refractivity contribution in [1.82, 2.24) is 4.90 Å². The number of amides is 1. The van der Waals surface area contributed by atoms with Crippen LogP contribution >= 0.6 is 0 Å². The summed E-state index contributed by atoms with van der Waals surface area (Å²) in [4.78, 5) is 27.0. The molecule has 38 heavy (non-hydrogen) atoms.